The Balaban J connectivity index is 2.74. The second kappa shape index (κ2) is 6.78. The van der Waals surface area contributed by atoms with E-state index in [1.165, 1.54) is 12.1 Å². The molecule has 0 fully saturated rings. The van der Waals surface area contributed by atoms with Crippen LogP contribution in [0.4, 0.5) is 0 Å². The highest BCUT2D eigenvalue weighted by Crippen LogP contribution is 2.16. The highest BCUT2D eigenvalue weighted by molar-refractivity contribution is 7.89. The minimum Gasteiger partial charge on any atom is -0.494 e. The Bertz CT molecular complexity index is 497. The molecule has 0 spiro atoms. The van der Waals surface area contributed by atoms with Gasteiger partial charge in [-0.3, -0.25) is 0 Å². The Labute approximate surface area is 113 Å². The number of hydrogen-bond donors (Lipinski definition) is 1. The largest absolute Gasteiger partial charge is 0.494 e. The molecule has 0 aliphatic heterocycles. The van der Waals surface area contributed by atoms with Crippen LogP contribution in [0, 0.1) is 0 Å². The van der Waals surface area contributed by atoms with E-state index in [0.29, 0.717) is 12.4 Å². The van der Waals surface area contributed by atoms with Crippen LogP contribution in [-0.4, -0.2) is 21.6 Å². The van der Waals surface area contributed by atoms with E-state index in [9.17, 15) is 8.42 Å². The number of ether oxygens (including phenoxy) is 1. The zero-order valence-electron chi connectivity index (χ0n) is 10.1. The quantitative estimate of drug-likeness (QED) is 0.839. The molecule has 0 unspecified atom stereocenters. The molecule has 1 aromatic rings. The maximum Gasteiger partial charge on any atom is 0.240 e. The Morgan fingerprint density at radius 3 is 2.50 bits per heavy atom. The summed E-state index contributed by atoms with van der Waals surface area (Å²) in [6.45, 7) is 6.04. The van der Waals surface area contributed by atoms with Crippen LogP contribution >= 0.6 is 11.6 Å². The van der Waals surface area contributed by atoms with Gasteiger partial charge in [0.1, 0.15) is 5.75 Å². The number of benzene rings is 1. The molecule has 1 aromatic carbocycles. The van der Waals surface area contributed by atoms with Gasteiger partial charge in [-0.05, 0) is 30.7 Å². The first-order chi connectivity index (χ1) is 8.45. The van der Waals surface area contributed by atoms with E-state index >= 15 is 0 Å². The average Bonchev–Trinajstić information content (AvgIpc) is 2.34. The molecule has 0 saturated heterocycles. The van der Waals surface area contributed by atoms with Gasteiger partial charge in [0, 0.05) is 11.6 Å². The summed E-state index contributed by atoms with van der Waals surface area (Å²) in [6, 6.07) is 6.23. The summed E-state index contributed by atoms with van der Waals surface area (Å²) in [5, 5.41) is 0.237. The lowest BCUT2D eigenvalue weighted by Crippen LogP contribution is -2.24. The third-order valence-corrected chi connectivity index (χ3v) is 3.61. The molecular formula is C12H16ClNO3S. The lowest BCUT2D eigenvalue weighted by Gasteiger charge is -2.07. The van der Waals surface area contributed by atoms with Crippen LogP contribution < -0.4 is 9.46 Å². The molecule has 4 nitrogen and oxygen atoms in total. The van der Waals surface area contributed by atoms with Gasteiger partial charge in [0.25, 0.3) is 0 Å². The van der Waals surface area contributed by atoms with Crippen LogP contribution in [0.15, 0.2) is 40.8 Å². The molecule has 0 saturated carbocycles. The van der Waals surface area contributed by atoms with Crippen LogP contribution in [0.1, 0.15) is 13.3 Å². The van der Waals surface area contributed by atoms with Gasteiger partial charge in [0.15, 0.2) is 0 Å². The van der Waals surface area contributed by atoms with Crippen molar-refractivity contribution in [3.05, 3.63) is 35.9 Å². The lowest BCUT2D eigenvalue weighted by molar-refractivity contribution is 0.317. The standard InChI is InChI=1S/C12H16ClNO3S/c1-3-8-17-11-4-6-12(7-5-11)18(15,16)14-9-10(2)13/h4-7,14H,2-3,8-9H2,1H3. The minimum atomic E-state index is -3.54. The highest BCUT2D eigenvalue weighted by Gasteiger charge is 2.13. The van der Waals surface area contributed by atoms with Crippen molar-refractivity contribution in [2.24, 2.45) is 0 Å². The monoisotopic (exact) mass is 289 g/mol. The van der Waals surface area contributed by atoms with Crippen LogP contribution in [-0.2, 0) is 10.0 Å². The van der Waals surface area contributed by atoms with Crippen molar-refractivity contribution in [3.63, 3.8) is 0 Å². The molecule has 1 N–H and O–H groups in total. The van der Waals surface area contributed by atoms with Crippen molar-refractivity contribution in [1.82, 2.24) is 4.72 Å². The van der Waals surface area contributed by atoms with Gasteiger partial charge in [-0.25, -0.2) is 13.1 Å². The molecule has 0 bridgehead atoms. The number of hydrogen-bond acceptors (Lipinski definition) is 3. The fourth-order valence-corrected chi connectivity index (χ4v) is 2.36. The normalized spacial score (nSPS) is 11.2. The topological polar surface area (TPSA) is 55.4 Å². The maximum absolute atomic E-state index is 11.8. The third-order valence-electron chi connectivity index (χ3n) is 2.06. The van der Waals surface area contributed by atoms with E-state index in [2.05, 4.69) is 11.3 Å². The molecule has 0 amide bonds. The van der Waals surface area contributed by atoms with Gasteiger partial charge < -0.3 is 4.74 Å². The molecule has 0 aliphatic carbocycles. The van der Waals surface area contributed by atoms with Gasteiger partial charge >= 0.3 is 0 Å². The number of halogens is 1. The molecule has 6 heteroatoms. The summed E-state index contributed by atoms with van der Waals surface area (Å²) in [4.78, 5) is 0.171. The first-order valence-electron chi connectivity index (χ1n) is 5.51. The molecular weight excluding hydrogens is 274 g/mol. The fourth-order valence-electron chi connectivity index (χ4n) is 1.19. The van der Waals surface area contributed by atoms with E-state index in [1.54, 1.807) is 12.1 Å². The molecule has 1 rings (SSSR count). The summed E-state index contributed by atoms with van der Waals surface area (Å²) < 4.78 is 31.3. The molecule has 0 atom stereocenters. The number of rotatable bonds is 7. The molecule has 0 aliphatic rings. The zero-order chi connectivity index (χ0) is 13.6. The predicted octanol–water partition coefficient (Wildman–Crippen LogP) is 2.51. The second-order valence-corrected chi connectivity index (χ2v) is 5.96. The first-order valence-corrected chi connectivity index (χ1v) is 7.37. The Hall–Kier alpha value is -1.04. The summed E-state index contributed by atoms with van der Waals surface area (Å²) >= 11 is 5.51. The predicted molar refractivity (Wildman–Crippen MR) is 72.4 cm³/mol. The Morgan fingerprint density at radius 1 is 1.39 bits per heavy atom. The molecule has 0 aromatic heterocycles. The second-order valence-electron chi connectivity index (χ2n) is 3.66. The van der Waals surface area contributed by atoms with E-state index < -0.39 is 10.0 Å². The van der Waals surface area contributed by atoms with Gasteiger partial charge in [0.2, 0.25) is 10.0 Å². The molecule has 0 radical (unpaired) electrons. The van der Waals surface area contributed by atoms with Crippen LogP contribution in [0.5, 0.6) is 5.75 Å². The van der Waals surface area contributed by atoms with Crippen LogP contribution in [0.2, 0.25) is 0 Å². The summed E-state index contributed by atoms with van der Waals surface area (Å²) in [6.07, 6.45) is 0.902. The minimum absolute atomic E-state index is 0.0119. The van der Waals surface area contributed by atoms with E-state index in [4.69, 9.17) is 16.3 Å². The summed E-state index contributed by atoms with van der Waals surface area (Å²) in [5.41, 5.74) is 0. The van der Waals surface area contributed by atoms with Crippen molar-refractivity contribution in [1.29, 1.82) is 0 Å². The van der Waals surface area contributed by atoms with Crippen molar-refractivity contribution < 1.29 is 13.2 Å². The lowest BCUT2D eigenvalue weighted by atomic mass is 10.3. The molecule has 100 valence electrons. The highest BCUT2D eigenvalue weighted by atomic mass is 35.5. The van der Waals surface area contributed by atoms with Crippen molar-refractivity contribution in [2.45, 2.75) is 18.2 Å². The van der Waals surface area contributed by atoms with Crippen LogP contribution in [0.3, 0.4) is 0 Å². The van der Waals surface area contributed by atoms with E-state index in [0.717, 1.165) is 6.42 Å². The first kappa shape index (κ1) is 15.0. The third kappa shape index (κ3) is 4.68. The Morgan fingerprint density at radius 2 is 2.00 bits per heavy atom. The SMILES string of the molecule is C=C(Cl)CNS(=O)(=O)c1ccc(OCCC)cc1. The number of nitrogens with one attached hydrogen (secondary N) is 1. The molecule has 0 heterocycles. The maximum atomic E-state index is 11.8. The summed E-state index contributed by atoms with van der Waals surface area (Å²) in [7, 11) is -3.54. The smallest absolute Gasteiger partial charge is 0.240 e. The van der Waals surface area contributed by atoms with Crippen LogP contribution in [0.25, 0.3) is 0 Å². The Kier molecular flexibility index (Phi) is 5.65. The van der Waals surface area contributed by atoms with Gasteiger partial charge in [-0.2, -0.15) is 0 Å². The van der Waals surface area contributed by atoms with Gasteiger partial charge in [0.05, 0.1) is 11.5 Å². The van der Waals surface area contributed by atoms with Gasteiger partial charge in [-0.1, -0.05) is 25.1 Å². The van der Waals surface area contributed by atoms with E-state index in [-0.39, 0.29) is 16.5 Å². The number of sulfonamides is 1. The van der Waals surface area contributed by atoms with Gasteiger partial charge in [-0.15, -0.1) is 0 Å². The zero-order valence-corrected chi connectivity index (χ0v) is 11.7. The van der Waals surface area contributed by atoms with E-state index in [1.807, 2.05) is 6.92 Å². The average molecular weight is 290 g/mol. The fraction of sp³-hybridized carbons (Fsp3) is 0.333. The molecule has 18 heavy (non-hydrogen) atoms. The van der Waals surface area contributed by atoms with Crippen molar-refractivity contribution in [2.75, 3.05) is 13.2 Å². The van der Waals surface area contributed by atoms with Crippen molar-refractivity contribution in [3.8, 4) is 5.75 Å². The van der Waals surface area contributed by atoms with Crippen molar-refractivity contribution >= 4 is 21.6 Å². The summed E-state index contributed by atoms with van der Waals surface area (Å²) in [5.74, 6) is 0.651.